The predicted octanol–water partition coefficient (Wildman–Crippen LogP) is 3.13. The molecule has 0 aromatic rings. The van der Waals surface area contributed by atoms with Crippen LogP contribution in [0.4, 0.5) is 0 Å². The van der Waals surface area contributed by atoms with Crippen molar-refractivity contribution >= 4 is 15.9 Å². The molecule has 0 rings (SSSR count). The maximum absolute atomic E-state index is 11.0. The lowest BCUT2D eigenvalue weighted by Gasteiger charge is -2.26. The van der Waals surface area contributed by atoms with E-state index in [0.29, 0.717) is 0 Å². The Labute approximate surface area is 84.7 Å². The summed E-state index contributed by atoms with van der Waals surface area (Å²) in [7, 11) is 0. The molecule has 0 heterocycles. The highest BCUT2D eigenvalue weighted by molar-refractivity contribution is 6.92. The van der Waals surface area contributed by atoms with Crippen molar-refractivity contribution in [2.45, 2.75) is 52.9 Å². The summed E-state index contributed by atoms with van der Waals surface area (Å²) in [6, 6.07) is 0. The first kappa shape index (κ1) is 15.4. The molecule has 2 nitrogen and oxygen atoms in total. The highest BCUT2D eigenvalue weighted by Crippen LogP contribution is 2.32. The molecule has 0 saturated heterocycles. The van der Waals surface area contributed by atoms with Crippen LogP contribution >= 0.6 is 9.90 Å². The van der Waals surface area contributed by atoms with Crippen LogP contribution < -0.4 is 0 Å². The Morgan fingerprint density at radius 1 is 1.23 bits per heavy atom. The number of carboxylic acid groups (broad SMARTS) is 1. The van der Waals surface area contributed by atoms with E-state index in [1.54, 1.807) is 0 Å². The van der Waals surface area contributed by atoms with Crippen LogP contribution in [0.15, 0.2) is 0 Å². The Morgan fingerprint density at radius 3 is 1.92 bits per heavy atom. The highest BCUT2D eigenvalue weighted by atomic mass is 31.0. The lowest BCUT2D eigenvalue weighted by molar-refractivity contribution is -0.150. The summed E-state index contributed by atoms with van der Waals surface area (Å²) in [4.78, 5) is 11.0. The monoisotopic (exact) mass is 206 g/mol. The molecule has 1 atom stereocenters. The van der Waals surface area contributed by atoms with Crippen LogP contribution in [0.3, 0.4) is 0 Å². The second-order valence-corrected chi connectivity index (χ2v) is 3.40. The quantitative estimate of drug-likeness (QED) is 0.678. The van der Waals surface area contributed by atoms with Crippen LogP contribution in [0.25, 0.3) is 0 Å². The van der Waals surface area contributed by atoms with Crippen molar-refractivity contribution in [1.29, 1.82) is 0 Å². The summed E-state index contributed by atoms with van der Waals surface area (Å²) in [5.41, 5.74) is -0.448. The molecule has 0 aromatic heterocycles. The fourth-order valence-corrected chi connectivity index (χ4v) is 1.53. The molecule has 0 aliphatic rings. The van der Waals surface area contributed by atoms with Crippen LogP contribution in [0.5, 0.6) is 0 Å². The predicted molar refractivity (Wildman–Crippen MR) is 61.3 cm³/mol. The smallest absolute Gasteiger partial charge is 0.309 e. The van der Waals surface area contributed by atoms with E-state index in [0.717, 1.165) is 32.1 Å². The number of unbranched alkanes of at least 4 members (excludes halogenated alkanes) is 1. The average molecular weight is 206 g/mol. The molecule has 0 aliphatic heterocycles. The van der Waals surface area contributed by atoms with E-state index < -0.39 is 11.4 Å². The number of carbonyl (C=O) groups is 1. The van der Waals surface area contributed by atoms with Crippen molar-refractivity contribution in [2.75, 3.05) is 0 Å². The van der Waals surface area contributed by atoms with E-state index in [1.807, 2.05) is 13.8 Å². The summed E-state index contributed by atoms with van der Waals surface area (Å²) >= 11 is 0. The van der Waals surface area contributed by atoms with Crippen molar-refractivity contribution in [3.8, 4) is 0 Å². The molecule has 3 heteroatoms. The third-order valence-electron chi connectivity index (χ3n) is 2.82. The van der Waals surface area contributed by atoms with E-state index in [-0.39, 0.29) is 9.90 Å². The summed E-state index contributed by atoms with van der Waals surface area (Å²) in [6.07, 6.45) is 4.42. The second kappa shape index (κ2) is 7.32. The van der Waals surface area contributed by atoms with Crippen LogP contribution in [0.2, 0.25) is 0 Å². The zero-order valence-corrected chi connectivity index (χ0v) is 10.5. The average Bonchev–Trinajstić information content (AvgIpc) is 2.07. The molecule has 13 heavy (non-hydrogen) atoms. The molecule has 0 aromatic carbocycles. The highest BCUT2D eigenvalue weighted by Gasteiger charge is 2.33. The fraction of sp³-hybridized carbons (Fsp3) is 0.900. The summed E-state index contributed by atoms with van der Waals surface area (Å²) in [5.74, 6) is -0.624. The molecule has 0 radical (unpaired) electrons. The first-order valence-corrected chi connectivity index (χ1v) is 4.86. The van der Waals surface area contributed by atoms with Gasteiger partial charge in [-0.05, 0) is 19.3 Å². The van der Waals surface area contributed by atoms with Gasteiger partial charge in [-0.3, -0.25) is 4.79 Å². The van der Waals surface area contributed by atoms with Crippen LogP contribution in [0, 0.1) is 5.41 Å². The standard InChI is InChI=1S/C10H20O2.H3P/c1-4-7-8-10(5-2,6-3)9(11)12;/h4-8H2,1-3H3,(H,11,12);1H3. The van der Waals surface area contributed by atoms with Gasteiger partial charge in [-0.2, -0.15) is 9.90 Å². The largest absolute Gasteiger partial charge is 0.481 e. The number of carboxylic acids is 1. The molecular formula is C10H23O2P. The third kappa shape index (κ3) is 4.08. The SMILES string of the molecule is CCCCC(CC)(CC)C(=O)O.P. The van der Waals surface area contributed by atoms with Crippen LogP contribution in [0.1, 0.15) is 52.9 Å². The molecule has 0 amide bonds. The van der Waals surface area contributed by atoms with Crippen molar-refractivity contribution in [3.05, 3.63) is 0 Å². The Hall–Kier alpha value is -0.100. The third-order valence-corrected chi connectivity index (χ3v) is 2.82. The van der Waals surface area contributed by atoms with E-state index in [4.69, 9.17) is 5.11 Å². The maximum atomic E-state index is 11.0. The molecule has 0 saturated carbocycles. The van der Waals surface area contributed by atoms with Crippen molar-refractivity contribution in [1.82, 2.24) is 0 Å². The summed E-state index contributed by atoms with van der Waals surface area (Å²) < 4.78 is 0. The van der Waals surface area contributed by atoms with E-state index in [2.05, 4.69) is 6.92 Å². The number of rotatable bonds is 6. The van der Waals surface area contributed by atoms with Gasteiger partial charge in [-0.1, -0.05) is 33.6 Å². The molecule has 80 valence electrons. The molecule has 0 fully saturated rings. The van der Waals surface area contributed by atoms with Crippen LogP contribution in [-0.4, -0.2) is 11.1 Å². The van der Waals surface area contributed by atoms with Gasteiger partial charge in [-0.25, -0.2) is 0 Å². The topological polar surface area (TPSA) is 37.3 Å². The first-order chi connectivity index (χ1) is 5.63. The van der Waals surface area contributed by atoms with Crippen molar-refractivity contribution in [3.63, 3.8) is 0 Å². The minimum absolute atomic E-state index is 0. The first-order valence-electron chi connectivity index (χ1n) is 4.86. The normalized spacial score (nSPS) is 10.7. The number of hydrogen-bond donors (Lipinski definition) is 1. The Balaban J connectivity index is 0. The maximum Gasteiger partial charge on any atom is 0.309 e. The van der Waals surface area contributed by atoms with Gasteiger partial charge in [0.15, 0.2) is 0 Å². The van der Waals surface area contributed by atoms with E-state index in [9.17, 15) is 4.79 Å². The minimum Gasteiger partial charge on any atom is -0.481 e. The van der Waals surface area contributed by atoms with Gasteiger partial charge in [0.2, 0.25) is 0 Å². The van der Waals surface area contributed by atoms with Gasteiger partial charge >= 0.3 is 5.97 Å². The van der Waals surface area contributed by atoms with Crippen LogP contribution in [-0.2, 0) is 4.79 Å². The molecular weight excluding hydrogens is 183 g/mol. The Bertz CT molecular complexity index is 142. The number of hydrogen-bond acceptors (Lipinski definition) is 1. The number of aliphatic carboxylic acids is 1. The Morgan fingerprint density at radius 2 is 1.69 bits per heavy atom. The zero-order chi connectivity index (χ0) is 9.61. The fourth-order valence-electron chi connectivity index (χ4n) is 1.53. The Kier molecular flexibility index (Phi) is 8.65. The lowest BCUT2D eigenvalue weighted by Crippen LogP contribution is -2.29. The molecule has 1 unspecified atom stereocenters. The summed E-state index contributed by atoms with van der Waals surface area (Å²) in [5, 5.41) is 9.05. The van der Waals surface area contributed by atoms with E-state index in [1.165, 1.54) is 0 Å². The van der Waals surface area contributed by atoms with Gasteiger partial charge in [0.1, 0.15) is 0 Å². The van der Waals surface area contributed by atoms with E-state index >= 15 is 0 Å². The minimum atomic E-state index is -0.624. The van der Waals surface area contributed by atoms with Gasteiger partial charge in [-0.15, -0.1) is 0 Å². The van der Waals surface area contributed by atoms with Crippen molar-refractivity contribution in [2.24, 2.45) is 5.41 Å². The van der Waals surface area contributed by atoms with Gasteiger partial charge in [0.05, 0.1) is 5.41 Å². The molecule has 0 spiro atoms. The molecule has 1 N–H and O–H groups in total. The van der Waals surface area contributed by atoms with Gasteiger partial charge < -0.3 is 5.11 Å². The molecule has 0 aliphatic carbocycles. The van der Waals surface area contributed by atoms with Gasteiger partial charge in [0, 0.05) is 0 Å². The zero-order valence-electron chi connectivity index (χ0n) is 9.10. The second-order valence-electron chi connectivity index (χ2n) is 3.40. The summed E-state index contributed by atoms with van der Waals surface area (Å²) in [6.45, 7) is 6.03. The van der Waals surface area contributed by atoms with Crippen molar-refractivity contribution < 1.29 is 9.90 Å². The lowest BCUT2D eigenvalue weighted by atomic mass is 9.78. The molecule has 0 bridgehead atoms. The van der Waals surface area contributed by atoms with Gasteiger partial charge in [0.25, 0.3) is 0 Å².